The SMILES string of the molecule is CC[C@H](C(=O)NC)N(Cc1ccc(Cl)c(Cl)c1)C(=O)CN(c1ccc(OC)c(OC)c1)S(C)(=O)=O. The smallest absolute Gasteiger partial charge is 0.244 e. The fourth-order valence-corrected chi connectivity index (χ4v) is 4.68. The number of sulfonamides is 1. The third kappa shape index (κ3) is 7.16. The summed E-state index contributed by atoms with van der Waals surface area (Å²) >= 11 is 12.1. The molecule has 2 aromatic rings. The fourth-order valence-electron chi connectivity index (χ4n) is 3.51. The Kier molecular flexibility index (Phi) is 10.1. The van der Waals surface area contributed by atoms with Gasteiger partial charge in [0.1, 0.15) is 12.6 Å². The van der Waals surface area contributed by atoms with Crippen LogP contribution in [0.25, 0.3) is 0 Å². The maximum atomic E-state index is 13.6. The number of ether oxygens (including phenoxy) is 2. The van der Waals surface area contributed by atoms with Gasteiger partial charge in [-0.05, 0) is 36.2 Å². The van der Waals surface area contributed by atoms with E-state index >= 15 is 0 Å². The van der Waals surface area contributed by atoms with Crippen molar-refractivity contribution in [1.82, 2.24) is 10.2 Å². The van der Waals surface area contributed by atoms with Crippen molar-refractivity contribution in [2.75, 3.05) is 38.4 Å². The van der Waals surface area contributed by atoms with Crippen LogP contribution in [0.3, 0.4) is 0 Å². The predicted molar refractivity (Wildman–Crippen MR) is 137 cm³/mol. The molecule has 2 aromatic carbocycles. The van der Waals surface area contributed by atoms with Gasteiger partial charge in [-0.1, -0.05) is 36.2 Å². The van der Waals surface area contributed by atoms with Crippen LogP contribution in [0.5, 0.6) is 11.5 Å². The second kappa shape index (κ2) is 12.3. The summed E-state index contributed by atoms with van der Waals surface area (Å²) in [6.45, 7) is 1.24. The average molecular weight is 546 g/mol. The number of nitrogens with zero attached hydrogens (tertiary/aromatic N) is 2. The van der Waals surface area contributed by atoms with Crippen molar-refractivity contribution in [3.63, 3.8) is 0 Å². The topological polar surface area (TPSA) is 105 Å². The van der Waals surface area contributed by atoms with Crippen LogP contribution in [0, 0.1) is 0 Å². The normalized spacial score (nSPS) is 12.0. The van der Waals surface area contributed by atoms with Crippen LogP contribution < -0.4 is 19.1 Å². The largest absolute Gasteiger partial charge is 0.493 e. The number of methoxy groups -OCH3 is 2. The molecule has 0 spiro atoms. The van der Waals surface area contributed by atoms with E-state index < -0.39 is 28.5 Å². The number of likely N-dealkylation sites (N-methyl/N-ethyl adjacent to an activating group) is 1. The van der Waals surface area contributed by atoms with Gasteiger partial charge >= 0.3 is 0 Å². The molecule has 0 aliphatic rings. The lowest BCUT2D eigenvalue weighted by Crippen LogP contribution is -2.51. The van der Waals surface area contributed by atoms with E-state index in [1.165, 1.54) is 38.3 Å². The molecule has 9 nitrogen and oxygen atoms in total. The molecule has 2 rings (SSSR count). The Labute approximate surface area is 215 Å². The minimum absolute atomic E-state index is 0.0190. The number of amides is 2. The number of carbonyl (C=O) groups excluding carboxylic acids is 2. The quantitative estimate of drug-likeness (QED) is 0.464. The highest BCUT2D eigenvalue weighted by Crippen LogP contribution is 2.32. The van der Waals surface area contributed by atoms with Crippen molar-refractivity contribution in [3.05, 3.63) is 52.0 Å². The van der Waals surface area contributed by atoms with Crippen LogP contribution in [0.4, 0.5) is 5.69 Å². The molecular formula is C23H29Cl2N3O6S. The minimum atomic E-state index is -3.88. The second-order valence-electron chi connectivity index (χ2n) is 7.62. The first kappa shape index (κ1) is 28.5. The van der Waals surface area contributed by atoms with Crippen molar-refractivity contribution in [2.45, 2.75) is 25.9 Å². The summed E-state index contributed by atoms with van der Waals surface area (Å²) in [6, 6.07) is 8.56. The summed E-state index contributed by atoms with van der Waals surface area (Å²) in [7, 11) is 0.468. The Hall–Kier alpha value is -2.69. The van der Waals surface area contributed by atoms with Crippen molar-refractivity contribution in [1.29, 1.82) is 0 Å². The van der Waals surface area contributed by atoms with Gasteiger partial charge in [-0.15, -0.1) is 0 Å². The molecule has 0 fully saturated rings. The highest BCUT2D eigenvalue weighted by atomic mass is 35.5. The van der Waals surface area contributed by atoms with Crippen molar-refractivity contribution < 1.29 is 27.5 Å². The Balaban J connectivity index is 2.49. The lowest BCUT2D eigenvalue weighted by atomic mass is 10.1. The third-order valence-corrected chi connectivity index (χ3v) is 7.18. The molecule has 0 bridgehead atoms. The highest BCUT2D eigenvalue weighted by molar-refractivity contribution is 7.92. The Morgan fingerprint density at radius 1 is 1.03 bits per heavy atom. The summed E-state index contributed by atoms with van der Waals surface area (Å²) < 4.78 is 36.8. The van der Waals surface area contributed by atoms with Gasteiger partial charge in [0.25, 0.3) is 0 Å². The van der Waals surface area contributed by atoms with Crippen LogP contribution in [0.15, 0.2) is 36.4 Å². The number of nitrogens with one attached hydrogen (secondary N) is 1. The van der Waals surface area contributed by atoms with Crippen LogP contribution in [-0.4, -0.2) is 65.2 Å². The van der Waals surface area contributed by atoms with E-state index in [9.17, 15) is 18.0 Å². The Bertz CT molecular complexity index is 1180. The summed E-state index contributed by atoms with van der Waals surface area (Å²) in [6.07, 6.45) is 1.30. The zero-order valence-corrected chi connectivity index (χ0v) is 22.5. The summed E-state index contributed by atoms with van der Waals surface area (Å²) in [5.74, 6) is -0.247. The first-order chi connectivity index (χ1) is 16.5. The number of benzene rings is 2. The number of hydrogen-bond acceptors (Lipinski definition) is 6. The van der Waals surface area contributed by atoms with Crippen LogP contribution in [0.2, 0.25) is 10.0 Å². The van der Waals surface area contributed by atoms with Gasteiger partial charge < -0.3 is 19.7 Å². The van der Waals surface area contributed by atoms with Crippen molar-refractivity contribution in [2.24, 2.45) is 0 Å². The molecular weight excluding hydrogens is 517 g/mol. The number of halogens is 2. The van der Waals surface area contributed by atoms with Gasteiger partial charge in [0.05, 0.1) is 36.2 Å². The van der Waals surface area contributed by atoms with Crippen molar-refractivity contribution in [3.8, 4) is 11.5 Å². The van der Waals surface area contributed by atoms with Gasteiger partial charge in [-0.2, -0.15) is 0 Å². The standard InChI is InChI=1S/C23H29Cl2N3O6S/c1-6-19(23(30)26-2)27(13-15-7-9-17(24)18(25)11-15)22(29)14-28(35(5,31)32)16-8-10-20(33-3)21(12-16)34-4/h7-12,19H,6,13-14H2,1-5H3,(H,26,30)/t19-/m1/s1. The van der Waals surface area contributed by atoms with E-state index in [0.29, 0.717) is 33.5 Å². The molecule has 2 amide bonds. The second-order valence-corrected chi connectivity index (χ2v) is 10.3. The van der Waals surface area contributed by atoms with E-state index in [1.807, 2.05) is 0 Å². The molecule has 0 unspecified atom stereocenters. The predicted octanol–water partition coefficient (Wildman–Crippen LogP) is 3.33. The number of rotatable bonds is 11. The summed E-state index contributed by atoms with van der Waals surface area (Å²) in [5, 5.41) is 3.21. The average Bonchev–Trinajstić information content (AvgIpc) is 2.82. The molecule has 1 N–H and O–H groups in total. The third-order valence-electron chi connectivity index (χ3n) is 5.30. The van der Waals surface area contributed by atoms with Crippen LogP contribution in [-0.2, 0) is 26.2 Å². The van der Waals surface area contributed by atoms with Gasteiger partial charge in [0.2, 0.25) is 21.8 Å². The van der Waals surface area contributed by atoms with Gasteiger partial charge in [0.15, 0.2) is 11.5 Å². The summed E-state index contributed by atoms with van der Waals surface area (Å²) in [4.78, 5) is 27.5. The molecule has 0 aliphatic heterocycles. The zero-order valence-electron chi connectivity index (χ0n) is 20.2. The molecule has 0 heterocycles. The van der Waals surface area contributed by atoms with Gasteiger partial charge in [0, 0.05) is 19.7 Å². The number of hydrogen-bond donors (Lipinski definition) is 1. The molecule has 0 saturated carbocycles. The summed E-state index contributed by atoms with van der Waals surface area (Å²) in [5.41, 5.74) is 0.841. The molecule has 0 saturated heterocycles. The Morgan fingerprint density at radius 2 is 1.69 bits per heavy atom. The van der Waals surface area contributed by atoms with E-state index in [-0.39, 0.29) is 18.1 Å². The molecule has 35 heavy (non-hydrogen) atoms. The number of anilines is 1. The van der Waals surface area contributed by atoms with E-state index in [2.05, 4.69) is 5.32 Å². The highest BCUT2D eigenvalue weighted by Gasteiger charge is 2.31. The van der Waals surface area contributed by atoms with Gasteiger partial charge in [-0.25, -0.2) is 8.42 Å². The first-order valence-corrected chi connectivity index (χ1v) is 13.2. The van der Waals surface area contributed by atoms with Crippen molar-refractivity contribution >= 4 is 50.7 Å². The van der Waals surface area contributed by atoms with E-state index in [0.717, 1.165) is 10.6 Å². The van der Waals surface area contributed by atoms with Crippen LogP contribution >= 0.6 is 23.2 Å². The lowest BCUT2D eigenvalue weighted by Gasteiger charge is -2.32. The van der Waals surface area contributed by atoms with Gasteiger partial charge in [-0.3, -0.25) is 13.9 Å². The molecule has 0 radical (unpaired) electrons. The molecule has 0 aliphatic carbocycles. The zero-order chi connectivity index (χ0) is 26.3. The number of carbonyl (C=O) groups is 2. The van der Waals surface area contributed by atoms with Crippen LogP contribution in [0.1, 0.15) is 18.9 Å². The lowest BCUT2D eigenvalue weighted by molar-refractivity contribution is -0.140. The molecule has 192 valence electrons. The molecule has 12 heteroatoms. The van der Waals surface area contributed by atoms with E-state index in [4.69, 9.17) is 32.7 Å². The maximum absolute atomic E-state index is 13.6. The monoisotopic (exact) mass is 545 g/mol. The fraction of sp³-hybridized carbons (Fsp3) is 0.391. The molecule has 0 aromatic heterocycles. The maximum Gasteiger partial charge on any atom is 0.244 e. The first-order valence-electron chi connectivity index (χ1n) is 10.6. The Morgan fingerprint density at radius 3 is 2.20 bits per heavy atom. The minimum Gasteiger partial charge on any atom is -0.493 e. The van der Waals surface area contributed by atoms with E-state index in [1.54, 1.807) is 31.2 Å². The molecule has 1 atom stereocenters.